The molecule has 84 valence electrons. The van der Waals surface area contributed by atoms with E-state index in [1.807, 2.05) is 13.8 Å². The van der Waals surface area contributed by atoms with Crippen LogP contribution in [0.15, 0.2) is 0 Å². The number of carboxylic acid groups (broad SMARTS) is 1. The topological polar surface area (TPSA) is 55.8 Å². The molecule has 0 aromatic heterocycles. The van der Waals surface area contributed by atoms with E-state index in [1.54, 1.807) is 7.11 Å². The van der Waals surface area contributed by atoms with Gasteiger partial charge in [-0.2, -0.15) is 0 Å². The van der Waals surface area contributed by atoms with E-state index in [1.165, 1.54) is 13.8 Å². The minimum Gasteiger partial charge on any atom is -0.479 e. The Labute approximate surface area is 85.2 Å². The Morgan fingerprint density at radius 3 is 2.14 bits per heavy atom. The van der Waals surface area contributed by atoms with Crippen molar-refractivity contribution < 1.29 is 19.4 Å². The minimum atomic E-state index is -1.12. The predicted octanol–water partition coefficient (Wildman–Crippen LogP) is 1.68. The molecule has 0 aromatic carbocycles. The number of hydrogen-bond donors (Lipinski definition) is 1. The molecule has 0 saturated carbocycles. The van der Waals surface area contributed by atoms with Crippen LogP contribution < -0.4 is 0 Å². The molecule has 14 heavy (non-hydrogen) atoms. The number of methoxy groups -OCH3 is 1. The second-order valence-corrected chi connectivity index (χ2v) is 4.38. The standard InChI is InChI=1S/C10H20O4/c1-9(2,13-5)6-7-14-10(3,4)8(11)12/h6-7H2,1-5H3,(H,11,12). The average molecular weight is 204 g/mol. The summed E-state index contributed by atoms with van der Waals surface area (Å²) in [6.07, 6.45) is 0.667. The molecule has 0 amide bonds. The minimum absolute atomic E-state index is 0.269. The average Bonchev–Trinajstić information content (AvgIpc) is 2.03. The molecular formula is C10H20O4. The Hall–Kier alpha value is -0.610. The van der Waals surface area contributed by atoms with E-state index in [-0.39, 0.29) is 5.60 Å². The van der Waals surface area contributed by atoms with Crippen molar-refractivity contribution in [2.45, 2.75) is 45.3 Å². The van der Waals surface area contributed by atoms with E-state index >= 15 is 0 Å². The van der Waals surface area contributed by atoms with Crippen LogP contribution in [-0.2, 0) is 14.3 Å². The Morgan fingerprint density at radius 1 is 1.29 bits per heavy atom. The van der Waals surface area contributed by atoms with Gasteiger partial charge in [-0.3, -0.25) is 0 Å². The Kier molecular flexibility index (Phi) is 4.55. The first-order valence-electron chi connectivity index (χ1n) is 4.64. The normalized spacial score (nSPS) is 12.9. The zero-order chi connectivity index (χ0) is 11.4. The first-order valence-corrected chi connectivity index (χ1v) is 4.64. The van der Waals surface area contributed by atoms with Crippen LogP contribution in [0.2, 0.25) is 0 Å². The molecule has 0 fully saturated rings. The summed E-state index contributed by atoms with van der Waals surface area (Å²) in [6, 6.07) is 0. The van der Waals surface area contributed by atoms with Gasteiger partial charge in [0.25, 0.3) is 0 Å². The number of rotatable bonds is 6. The summed E-state index contributed by atoms with van der Waals surface area (Å²) in [5, 5.41) is 8.77. The van der Waals surface area contributed by atoms with Gasteiger partial charge in [0.05, 0.1) is 12.2 Å². The van der Waals surface area contributed by atoms with Crippen LogP contribution in [-0.4, -0.2) is 36.0 Å². The molecule has 0 heterocycles. The first-order chi connectivity index (χ1) is 6.21. The molecule has 0 atom stereocenters. The monoisotopic (exact) mass is 204 g/mol. The molecule has 0 bridgehead atoms. The van der Waals surface area contributed by atoms with Gasteiger partial charge in [0.1, 0.15) is 0 Å². The lowest BCUT2D eigenvalue weighted by Crippen LogP contribution is -2.36. The summed E-state index contributed by atoms with van der Waals surface area (Å²) in [6.45, 7) is 7.32. The molecule has 0 unspecified atom stereocenters. The smallest absolute Gasteiger partial charge is 0.335 e. The van der Waals surface area contributed by atoms with Gasteiger partial charge in [-0.25, -0.2) is 4.79 Å². The molecule has 0 rings (SSSR count). The number of aliphatic carboxylic acids is 1. The molecule has 1 N–H and O–H groups in total. The number of carbonyl (C=O) groups is 1. The molecular weight excluding hydrogens is 184 g/mol. The number of hydrogen-bond acceptors (Lipinski definition) is 3. The fourth-order valence-electron chi connectivity index (χ4n) is 0.716. The van der Waals surface area contributed by atoms with Gasteiger partial charge in [-0.1, -0.05) is 0 Å². The van der Waals surface area contributed by atoms with E-state index in [2.05, 4.69) is 0 Å². The van der Waals surface area contributed by atoms with Crippen LogP contribution in [0, 0.1) is 0 Å². The zero-order valence-corrected chi connectivity index (χ0v) is 9.59. The molecule has 0 aliphatic rings. The summed E-state index contributed by atoms with van der Waals surface area (Å²) in [7, 11) is 1.63. The molecule has 4 heteroatoms. The lowest BCUT2D eigenvalue weighted by atomic mass is 10.1. The Morgan fingerprint density at radius 2 is 1.79 bits per heavy atom. The maximum atomic E-state index is 10.7. The van der Waals surface area contributed by atoms with Crippen molar-refractivity contribution >= 4 is 5.97 Å². The van der Waals surface area contributed by atoms with Crippen molar-refractivity contribution in [3.05, 3.63) is 0 Å². The van der Waals surface area contributed by atoms with E-state index in [9.17, 15) is 4.79 Å². The van der Waals surface area contributed by atoms with Crippen molar-refractivity contribution in [3.63, 3.8) is 0 Å². The Balaban J connectivity index is 3.91. The van der Waals surface area contributed by atoms with Gasteiger partial charge >= 0.3 is 5.97 Å². The highest BCUT2D eigenvalue weighted by molar-refractivity contribution is 5.76. The molecule has 0 spiro atoms. The quantitative estimate of drug-likeness (QED) is 0.715. The lowest BCUT2D eigenvalue weighted by Gasteiger charge is -2.26. The van der Waals surface area contributed by atoms with E-state index in [0.29, 0.717) is 13.0 Å². The van der Waals surface area contributed by atoms with Gasteiger partial charge in [0, 0.05) is 7.11 Å². The van der Waals surface area contributed by atoms with Crippen LogP contribution in [0.3, 0.4) is 0 Å². The molecule has 0 radical (unpaired) electrons. The SMILES string of the molecule is COC(C)(C)CCOC(C)(C)C(=O)O. The van der Waals surface area contributed by atoms with Crippen LogP contribution in [0.5, 0.6) is 0 Å². The van der Waals surface area contributed by atoms with Crippen molar-refractivity contribution in [2.24, 2.45) is 0 Å². The molecule has 0 aromatic rings. The highest BCUT2D eigenvalue weighted by Crippen LogP contribution is 2.16. The van der Waals surface area contributed by atoms with Gasteiger partial charge in [-0.15, -0.1) is 0 Å². The van der Waals surface area contributed by atoms with E-state index in [0.717, 1.165) is 0 Å². The van der Waals surface area contributed by atoms with Crippen molar-refractivity contribution in [3.8, 4) is 0 Å². The Bertz CT molecular complexity index is 196. The second kappa shape index (κ2) is 4.75. The summed E-state index contributed by atoms with van der Waals surface area (Å²) in [5.74, 6) is -0.951. The highest BCUT2D eigenvalue weighted by atomic mass is 16.5. The van der Waals surface area contributed by atoms with Crippen LogP contribution in [0.25, 0.3) is 0 Å². The summed E-state index contributed by atoms with van der Waals surface area (Å²) >= 11 is 0. The van der Waals surface area contributed by atoms with Gasteiger partial charge in [-0.05, 0) is 34.1 Å². The van der Waals surface area contributed by atoms with E-state index in [4.69, 9.17) is 14.6 Å². The molecule has 4 nitrogen and oxygen atoms in total. The fraction of sp³-hybridized carbons (Fsp3) is 0.900. The summed E-state index contributed by atoms with van der Waals surface area (Å²) < 4.78 is 10.4. The van der Waals surface area contributed by atoms with Crippen LogP contribution in [0.1, 0.15) is 34.1 Å². The fourth-order valence-corrected chi connectivity index (χ4v) is 0.716. The van der Waals surface area contributed by atoms with Gasteiger partial charge < -0.3 is 14.6 Å². The highest BCUT2D eigenvalue weighted by Gasteiger charge is 2.28. The maximum absolute atomic E-state index is 10.7. The van der Waals surface area contributed by atoms with Crippen LogP contribution in [0.4, 0.5) is 0 Å². The lowest BCUT2D eigenvalue weighted by molar-refractivity contribution is -0.163. The van der Waals surface area contributed by atoms with Gasteiger partial charge in [0.15, 0.2) is 5.60 Å². The van der Waals surface area contributed by atoms with E-state index < -0.39 is 11.6 Å². The number of ether oxygens (including phenoxy) is 2. The molecule has 0 aliphatic heterocycles. The summed E-state index contributed by atoms with van der Waals surface area (Å²) in [4.78, 5) is 10.7. The van der Waals surface area contributed by atoms with Crippen molar-refractivity contribution in [1.82, 2.24) is 0 Å². The van der Waals surface area contributed by atoms with Crippen molar-refractivity contribution in [2.75, 3.05) is 13.7 Å². The summed E-state index contributed by atoms with van der Waals surface area (Å²) in [5.41, 5.74) is -1.39. The third-order valence-electron chi connectivity index (χ3n) is 2.23. The van der Waals surface area contributed by atoms with Crippen molar-refractivity contribution in [1.29, 1.82) is 0 Å². The van der Waals surface area contributed by atoms with Gasteiger partial charge in [0.2, 0.25) is 0 Å². The largest absolute Gasteiger partial charge is 0.479 e. The number of carboxylic acids is 1. The molecule has 0 aliphatic carbocycles. The molecule has 0 saturated heterocycles. The zero-order valence-electron chi connectivity index (χ0n) is 9.59. The van der Waals surface area contributed by atoms with Crippen LogP contribution >= 0.6 is 0 Å². The predicted molar refractivity (Wildman–Crippen MR) is 53.4 cm³/mol. The maximum Gasteiger partial charge on any atom is 0.335 e. The third kappa shape index (κ3) is 4.58. The second-order valence-electron chi connectivity index (χ2n) is 4.38. The third-order valence-corrected chi connectivity index (χ3v) is 2.23. The first kappa shape index (κ1) is 13.4.